The highest BCUT2D eigenvalue weighted by Gasteiger charge is 2.22. The Morgan fingerprint density at radius 3 is 2.67 bits per heavy atom. The Bertz CT molecular complexity index is 759. The summed E-state index contributed by atoms with van der Waals surface area (Å²) in [6.45, 7) is 7.89. The number of carbonyl (C=O) groups excluding carboxylic acids is 1. The monoisotopic (exact) mass is 331 g/mol. The van der Waals surface area contributed by atoms with E-state index in [1.54, 1.807) is 6.07 Å². The number of carbonyl (C=O) groups is 1. The second-order valence-electron chi connectivity index (χ2n) is 6.63. The fourth-order valence-electron chi connectivity index (χ4n) is 2.13. The summed E-state index contributed by atoms with van der Waals surface area (Å²) in [5.41, 5.74) is 0.935. The fraction of sp³-hybridized carbons (Fsp3) is 0.412. The molecule has 1 N–H and O–H groups in total. The summed E-state index contributed by atoms with van der Waals surface area (Å²) in [6, 6.07) is 5.85. The molecular formula is C17H21N3O4. The third-order valence-corrected chi connectivity index (χ3v) is 3.45. The Hall–Kier alpha value is -2.70. The summed E-state index contributed by atoms with van der Waals surface area (Å²) >= 11 is 0. The average molecular weight is 331 g/mol. The molecule has 0 unspecified atom stereocenters. The molecule has 0 fully saturated rings. The SMILES string of the molecule is Cc1nc(C(C)(C)C)oc1CCC(=O)Nc1cccc([N+](=O)[O-])c1. The van der Waals surface area contributed by atoms with Gasteiger partial charge < -0.3 is 9.73 Å². The minimum atomic E-state index is -0.498. The smallest absolute Gasteiger partial charge is 0.271 e. The van der Waals surface area contributed by atoms with Crippen molar-refractivity contribution in [2.75, 3.05) is 5.32 Å². The van der Waals surface area contributed by atoms with Crippen LogP contribution in [-0.2, 0) is 16.6 Å². The van der Waals surface area contributed by atoms with Crippen LogP contribution in [0.5, 0.6) is 0 Å². The molecule has 2 aromatic rings. The van der Waals surface area contributed by atoms with Crippen LogP contribution in [0, 0.1) is 17.0 Å². The summed E-state index contributed by atoms with van der Waals surface area (Å²) in [7, 11) is 0. The van der Waals surface area contributed by atoms with Gasteiger partial charge in [-0.3, -0.25) is 14.9 Å². The number of nitro groups is 1. The van der Waals surface area contributed by atoms with Gasteiger partial charge in [0, 0.05) is 36.1 Å². The average Bonchev–Trinajstić information content (AvgIpc) is 2.87. The molecule has 2 rings (SSSR count). The van der Waals surface area contributed by atoms with E-state index in [9.17, 15) is 14.9 Å². The fourth-order valence-corrected chi connectivity index (χ4v) is 2.13. The van der Waals surface area contributed by atoms with Crippen LogP contribution < -0.4 is 5.32 Å². The van der Waals surface area contributed by atoms with Gasteiger partial charge in [-0.2, -0.15) is 0 Å². The van der Waals surface area contributed by atoms with Crippen molar-refractivity contribution in [2.24, 2.45) is 0 Å². The summed E-state index contributed by atoms with van der Waals surface area (Å²) in [5, 5.41) is 13.4. The molecule has 0 radical (unpaired) electrons. The summed E-state index contributed by atoms with van der Waals surface area (Å²) in [4.78, 5) is 26.7. The number of aryl methyl sites for hydroxylation is 2. The first-order chi connectivity index (χ1) is 11.2. The zero-order valence-electron chi connectivity index (χ0n) is 14.3. The van der Waals surface area contributed by atoms with Crippen molar-refractivity contribution in [1.29, 1.82) is 0 Å². The first-order valence-electron chi connectivity index (χ1n) is 7.68. The molecule has 0 bridgehead atoms. The van der Waals surface area contributed by atoms with Crippen molar-refractivity contribution in [3.8, 4) is 0 Å². The number of anilines is 1. The van der Waals surface area contributed by atoms with Crippen molar-refractivity contribution in [2.45, 2.75) is 46.0 Å². The summed E-state index contributed by atoms with van der Waals surface area (Å²) < 4.78 is 5.75. The Balaban J connectivity index is 1.98. The number of nitrogens with zero attached hydrogens (tertiary/aromatic N) is 2. The lowest BCUT2D eigenvalue weighted by molar-refractivity contribution is -0.384. The van der Waals surface area contributed by atoms with Crippen molar-refractivity contribution in [3.05, 3.63) is 51.7 Å². The van der Waals surface area contributed by atoms with Gasteiger partial charge in [0.05, 0.1) is 10.6 Å². The topological polar surface area (TPSA) is 98.3 Å². The Labute approximate surface area is 140 Å². The van der Waals surface area contributed by atoms with Gasteiger partial charge in [0.15, 0.2) is 5.89 Å². The number of hydrogen-bond donors (Lipinski definition) is 1. The van der Waals surface area contributed by atoms with Gasteiger partial charge in [-0.05, 0) is 13.0 Å². The van der Waals surface area contributed by atoms with Gasteiger partial charge >= 0.3 is 0 Å². The largest absolute Gasteiger partial charge is 0.445 e. The lowest BCUT2D eigenvalue weighted by Gasteiger charge is -2.12. The maximum atomic E-state index is 12.0. The number of amides is 1. The Kier molecular flexibility index (Phi) is 5.02. The molecule has 1 heterocycles. The highest BCUT2D eigenvalue weighted by Crippen LogP contribution is 2.24. The summed E-state index contributed by atoms with van der Waals surface area (Å²) in [6.07, 6.45) is 0.637. The second-order valence-corrected chi connectivity index (χ2v) is 6.63. The molecule has 7 nitrogen and oxygen atoms in total. The van der Waals surface area contributed by atoms with E-state index in [0.717, 1.165) is 5.69 Å². The molecule has 24 heavy (non-hydrogen) atoms. The van der Waals surface area contributed by atoms with E-state index in [-0.39, 0.29) is 23.4 Å². The molecule has 0 aliphatic carbocycles. The van der Waals surface area contributed by atoms with Crippen LogP contribution in [0.4, 0.5) is 11.4 Å². The zero-order chi connectivity index (χ0) is 17.9. The molecular weight excluding hydrogens is 310 g/mol. The number of hydrogen-bond acceptors (Lipinski definition) is 5. The van der Waals surface area contributed by atoms with E-state index >= 15 is 0 Å². The molecule has 1 aromatic heterocycles. The number of aromatic nitrogens is 1. The standard InChI is InChI=1S/C17H21N3O4/c1-11-14(24-16(18-11)17(2,3)4)8-9-15(21)19-12-6-5-7-13(10-12)20(22)23/h5-7,10H,8-9H2,1-4H3,(H,19,21). The van der Waals surface area contributed by atoms with Crippen LogP contribution in [0.3, 0.4) is 0 Å². The lowest BCUT2D eigenvalue weighted by Crippen LogP contribution is -2.12. The maximum absolute atomic E-state index is 12.0. The first-order valence-corrected chi connectivity index (χ1v) is 7.68. The lowest BCUT2D eigenvalue weighted by atomic mass is 9.97. The van der Waals surface area contributed by atoms with E-state index in [4.69, 9.17) is 4.42 Å². The Morgan fingerprint density at radius 2 is 2.08 bits per heavy atom. The van der Waals surface area contributed by atoms with E-state index in [0.29, 0.717) is 23.8 Å². The molecule has 7 heteroatoms. The van der Waals surface area contributed by atoms with Gasteiger partial charge in [-0.25, -0.2) is 4.98 Å². The van der Waals surface area contributed by atoms with Gasteiger partial charge in [-0.15, -0.1) is 0 Å². The Morgan fingerprint density at radius 1 is 1.38 bits per heavy atom. The van der Waals surface area contributed by atoms with E-state index in [1.165, 1.54) is 18.2 Å². The van der Waals surface area contributed by atoms with Crippen molar-refractivity contribution in [3.63, 3.8) is 0 Å². The number of nitrogens with one attached hydrogen (secondary N) is 1. The molecule has 0 saturated heterocycles. The number of rotatable bonds is 5. The number of benzene rings is 1. The van der Waals surface area contributed by atoms with Crippen LogP contribution in [0.25, 0.3) is 0 Å². The molecule has 1 aromatic carbocycles. The predicted molar refractivity (Wildman–Crippen MR) is 90.0 cm³/mol. The quantitative estimate of drug-likeness (QED) is 0.664. The second kappa shape index (κ2) is 6.82. The highest BCUT2D eigenvalue weighted by atomic mass is 16.6. The number of non-ortho nitro benzene ring substituents is 1. The van der Waals surface area contributed by atoms with Crippen molar-refractivity contribution in [1.82, 2.24) is 4.98 Å². The van der Waals surface area contributed by atoms with Crippen LogP contribution >= 0.6 is 0 Å². The highest BCUT2D eigenvalue weighted by molar-refractivity contribution is 5.91. The molecule has 0 aliphatic rings. The van der Waals surface area contributed by atoms with Crippen molar-refractivity contribution < 1.29 is 14.1 Å². The first kappa shape index (κ1) is 17.7. The maximum Gasteiger partial charge on any atom is 0.271 e. The molecule has 0 saturated carbocycles. The van der Waals surface area contributed by atoms with Gasteiger partial charge in [0.1, 0.15) is 5.76 Å². The third kappa shape index (κ3) is 4.41. The molecule has 0 atom stereocenters. The number of nitro benzene ring substituents is 1. The minimum absolute atomic E-state index is 0.0614. The van der Waals surface area contributed by atoms with Gasteiger partial charge in [-0.1, -0.05) is 26.8 Å². The third-order valence-electron chi connectivity index (χ3n) is 3.45. The van der Waals surface area contributed by atoms with Crippen LogP contribution in [-0.4, -0.2) is 15.8 Å². The van der Waals surface area contributed by atoms with Crippen molar-refractivity contribution >= 4 is 17.3 Å². The van der Waals surface area contributed by atoms with Gasteiger partial charge in [0.2, 0.25) is 5.91 Å². The van der Waals surface area contributed by atoms with E-state index in [2.05, 4.69) is 10.3 Å². The normalized spacial score (nSPS) is 11.3. The minimum Gasteiger partial charge on any atom is -0.445 e. The van der Waals surface area contributed by atoms with Crippen LogP contribution in [0.15, 0.2) is 28.7 Å². The zero-order valence-corrected chi connectivity index (χ0v) is 14.3. The summed E-state index contributed by atoms with van der Waals surface area (Å²) in [5.74, 6) is 1.10. The molecule has 128 valence electrons. The van der Waals surface area contributed by atoms with Gasteiger partial charge in [0.25, 0.3) is 5.69 Å². The number of oxazole rings is 1. The van der Waals surface area contributed by atoms with Crippen LogP contribution in [0.2, 0.25) is 0 Å². The molecule has 1 amide bonds. The molecule has 0 aliphatic heterocycles. The molecule has 0 spiro atoms. The van der Waals surface area contributed by atoms with E-state index < -0.39 is 4.92 Å². The van der Waals surface area contributed by atoms with Crippen LogP contribution in [0.1, 0.15) is 44.5 Å². The van der Waals surface area contributed by atoms with E-state index in [1.807, 2.05) is 27.7 Å². The predicted octanol–water partition coefficient (Wildman–Crippen LogP) is 3.76.